The van der Waals surface area contributed by atoms with Crippen LogP contribution in [0.25, 0.3) is 0 Å². The van der Waals surface area contributed by atoms with Crippen LogP contribution in [0.1, 0.15) is 1.43 Å². The van der Waals surface area contributed by atoms with Crippen molar-refractivity contribution in [2.45, 2.75) is 0 Å². The third-order valence-electron chi connectivity index (χ3n) is 0.428. The number of amides is 1. The molecule has 0 radical (unpaired) electrons. The van der Waals surface area contributed by atoms with Gasteiger partial charge in [0.1, 0.15) is 0 Å². The molecule has 0 bridgehead atoms. The average molecular weight is 186 g/mol. The van der Waals surface area contributed by atoms with Gasteiger partial charge in [0.05, 0.1) is 13.2 Å². The van der Waals surface area contributed by atoms with Crippen molar-refractivity contribution >= 4 is 13.2 Å². The van der Waals surface area contributed by atoms with E-state index in [0.717, 1.165) is 0 Å². The summed E-state index contributed by atoms with van der Waals surface area (Å²) in [5.41, 5.74) is 5.58. The number of aliphatic hydroxyl groups excluding tert-OH is 1. The van der Waals surface area contributed by atoms with Crippen LogP contribution in [0.2, 0.25) is 0 Å². The Kier molecular flexibility index (Phi) is 7.49. The molecule has 0 aromatic rings. The van der Waals surface area contributed by atoms with Crippen molar-refractivity contribution in [2.24, 2.45) is 5.73 Å². The lowest BCUT2D eigenvalue weighted by Gasteiger charge is -2.23. The van der Waals surface area contributed by atoms with Gasteiger partial charge in [0.15, 0.2) is 0 Å². The lowest BCUT2D eigenvalue weighted by molar-refractivity contribution is -0.372. The number of rotatable bonds is 2. The van der Waals surface area contributed by atoms with Crippen molar-refractivity contribution in [3.8, 4) is 0 Å². The van der Waals surface area contributed by atoms with E-state index in [9.17, 15) is 19.1 Å². The van der Waals surface area contributed by atoms with Crippen LogP contribution in [0.5, 0.6) is 0 Å². The summed E-state index contributed by atoms with van der Waals surface area (Å²) in [6.45, 7) is 0.833. The minimum Gasteiger partial charge on any atom is -0.804 e. The molecule has 68 valence electrons. The molecule has 0 rings (SSSR count). The van der Waals surface area contributed by atoms with Gasteiger partial charge in [0.25, 0.3) is 0 Å². The highest BCUT2D eigenvalue weighted by Gasteiger charge is 1.94. The maximum absolute atomic E-state index is 9.35. The third-order valence-corrected chi connectivity index (χ3v) is 0.968. The Bertz CT molecular complexity index is 157. The quantitative estimate of drug-likeness (QED) is 0.378. The minimum absolute atomic E-state index is 0. The van der Waals surface area contributed by atoms with E-state index in [4.69, 9.17) is 5.11 Å². The molecule has 0 aromatic carbocycles. The van der Waals surface area contributed by atoms with Crippen molar-refractivity contribution < 1.29 is 31.4 Å². The number of carbonyl (C=O) groups excluding carboxylic acids is 1. The smallest absolute Gasteiger partial charge is 0.804 e. The van der Waals surface area contributed by atoms with Crippen LogP contribution in [-0.4, -0.2) is 23.9 Å². The van der Waals surface area contributed by atoms with Gasteiger partial charge in [-0.3, -0.25) is 4.79 Å². The van der Waals surface area contributed by atoms with Crippen LogP contribution in [0, 0.1) is 0 Å². The van der Waals surface area contributed by atoms with Crippen LogP contribution >= 0.6 is 7.60 Å². The number of aliphatic hydroxyl groups is 1. The first-order chi connectivity index (χ1) is 4.86. The van der Waals surface area contributed by atoms with Crippen molar-refractivity contribution in [1.82, 2.24) is 0 Å². The highest BCUT2D eigenvalue weighted by atomic mass is 31.2. The van der Waals surface area contributed by atoms with Gasteiger partial charge >= 0.3 is 1.43 Å². The summed E-state index contributed by atoms with van der Waals surface area (Å²) in [5.74, 6) is 0. The maximum Gasteiger partial charge on any atom is 1.00 e. The number of hydrogen-bond acceptors (Lipinski definition) is 5. The second kappa shape index (κ2) is 6.26. The number of carbonyl (C=O) groups is 1. The van der Waals surface area contributed by atoms with E-state index in [0.29, 0.717) is 6.54 Å². The van der Waals surface area contributed by atoms with Crippen molar-refractivity contribution in [3.63, 3.8) is 0 Å². The zero-order valence-corrected chi connectivity index (χ0v) is 6.62. The first kappa shape index (κ1) is 13.2. The van der Waals surface area contributed by atoms with Gasteiger partial charge in [-0.25, -0.2) is 0 Å². The Morgan fingerprint density at radius 3 is 1.91 bits per heavy atom. The van der Waals surface area contributed by atoms with Gasteiger partial charge in [-0.05, 0) is 0 Å². The summed E-state index contributed by atoms with van der Waals surface area (Å²) in [5, 5.41) is 7.81. The Hall–Kier alpha value is -0.460. The van der Waals surface area contributed by atoms with E-state index in [2.05, 4.69) is 11.5 Å². The Balaban J connectivity index is -0.000000142. The lowest BCUT2D eigenvalue weighted by Crippen LogP contribution is -2.51. The van der Waals surface area contributed by atoms with E-state index in [1.165, 1.54) is 0 Å². The highest BCUT2D eigenvalue weighted by Crippen LogP contribution is 2.20. The summed E-state index contributed by atoms with van der Waals surface area (Å²) in [7, 11) is -5.10. The van der Waals surface area contributed by atoms with Crippen LogP contribution in [0.15, 0.2) is 0 Å². The Morgan fingerprint density at radius 2 is 1.91 bits per heavy atom. The lowest BCUT2D eigenvalue weighted by atomic mass is 10.8. The van der Waals surface area contributed by atoms with Crippen molar-refractivity contribution in [3.05, 3.63) is 0 Å². The molecule has 8 heteroatoms. The summed E-state index contributed by atoms with van der Waals surface area (Å²) in [6, 6.07) is 0. The fourth-order valence-corrected chi connectivity index (χ4v) is 0. The standard InChI is InChI=1S/C2H7NO.CH4NO4P/c3-1-2-4;2-1(3)7(4,5)6/h4H,1-3H2;(H2,2,3)(H2,4,5,6). The zero-order valence-electron chi connectivity index (χ0n) is 6.73. The number of hydrogen-bond donors (Lipinski definition) is 3. The SMILES string of the molecule is NC(=O)P(=O)([O-])[O-].[H+].[NH3+]CCO. The van der Waals surface area contributed by atoms with Gasteiger partial charge in [0.2, 0.25) is 5.65 Å². The molecular formula is C3H11N2O5P. The number of nitrogens with two attached hydrogens (primary N) is 1. The minimum atomic E-state index is -5.10. The summed E-state index contributed by atoms with van der Waals surface area (Å²) in [6.07, 6.45) is 0. The van der Waals surface area contributed by atoms with E-state index in [1.54, 1.807) is 0 Å². The molecule has 7 nitrogen and oxygen atoms in total. The van der Waals surface area contributed by atoms with Crippen LogP contribution < -0.4 is 21.3 Å². The monoisotopic (exact) mass is 186 g/mol. The van der Waals surface area contributed by atoms with Crippen LogP contribution in [0.3, 0.4) is 0 Å². The van der Waals surface area contributed by atoms with Gasteiger partial charge in [-0.15, -0.1) is 0 Å². The number of primary amides is 1. The molecule has 0 unspecified atom stereocenters. The second-order valence-electron chi connectivity index (χ2n) is 1.41. The summed E-state index contributed by atoms with van der Waals surface area (Å²) < 4.78 is 9.33. The molecule has 0 saturated heterocycles. The highest BCUT2D eigenvalue weighted by molar-refractivity contribution is 7.67. The fourth-order valence-electron chi connectivity index (χ4n) is 0. The van der Waals surface area contributed by atoms with Crippen LogP contribution in [-0.2, 0) is 4.57 Å². The van der Waals surface area contributed by atoms with E-state index < -0.39 is 13.2 Å². The molecule has 0 aromatic heterocycles. The average Bonchev–Trinajstić information content (AvgIpc) is 1.87. The second-order valence-corrected chi connectivity index (χ2v) is 2.85. The first-order valence-electron chi connectivity index (χ1n) is 2.58. The predicted molar refractivity (Wildman–Crippen MR) is 33.1 cm³/mol. The molecule has 0 atom stereocenters. The molecular weight excluding hydrogens is 175 g/mol. The van der Waals surface area contributed by atoms with Gasteiger partial charge < -0.3 is 30.9 Å². The molecule has 0 aliphatic heterocycles. The molecule has 0 aliphatic rings. The normalized spacial score (nSPS) is 9.82. The Morgan fingerprint density at radius 1 is 1.73 bits per heavy atom. The molecule has 0 fully saturated rings. The molecule has 0 saturated carbocycles. The van der Waals surface area contributed by atoms with E-state index in [-0.39, 0.29) is 8.03 Å². The van der Waals surface area contributed by atoms with E-state index >= 15 is 0 Å². The molecule has 6 N–H and O–H groups in total. The summed E-state index contributed by atoms with van der Waals surface area (Å²) in [4.78, 5) is 28.0. The topological polar surface area (TPSA) is 154 Å². The number of quaternary nitrogens is 1. The zero-order chi connectivity index (χ0) is 9.49. The van der Waals surface area contributed by atoms with Gasteiger partial charge in [-0.1, -0.05) is 0 Å². The Labute approximate surface area is 64.6 Å². The van der Waals surface area contributed by atoms with Gasteiger partial charge in [0, 0.05) is 7.60 Å². The first-order valence-corrected chi connectivity index (χ1v) is 4.12. The largest absolute Gasteiger partial charge is 1.00 e. The maximum atomic E-state index is 9.35. The van der Waals surface area contributed by atoms with E-state index in [1.807, 2.05) is 0 Å². The van der Waals surface area contributed by atoms with Gasteiger partial charge in [-0.2, -0.15) is 0 Å². The predicted octanol–water partition coefficient (Wildman–Crippen LogP) is -3.69. The molecule has 0 heterocycles. The molecule has 11 heavy (non-hydrogen) atoms. The molecule has 0 spiro atoms. The van der Waals surface area contributed by atoms with Crippen LogP contribution in [0.4, 0.5) is 4.79 Å². The molecule has 0 aliphatic carbocycles. The molecule has 1 amide bonds. The third kappa shape index (κ3) is 12.7. The van der Waals surface area contributed by atoms with Crippen molar-refractivity contribution in [2.75, 3.05) is 13.2 Å². The fraction of sp³-hybridized carbons (Fsp3) is 0.667. The summed E-state index contributed by atoms with van der Waals surface area (Å²) >= 11 is 0. The van der Waals surface area contributed by atoms with Crippen molar-refractivity contribution in [1.29, 1.82) is 0 Å².